The van der Waals surface area contributed by atoms with Crippen molar-refractivity contribution in [1.82, 2.24) is 0 Å². The third-order valence-corrected chi connectivity index (χ3v) is 2.54. The van der Waals surface area contributed by atoms with Crippen molar-refractivity contribution in [3.05, 3.63) is 34.4 Å². The maximum Gasteiger partial charge on any atom is 0.338 e. The molecule has 0 aliphatic carbocycles. The van der Waals surface area contributed by atoms with Crippen LogP contribution in [0.5, 0.6) is 0 Å². The molecule has 0 spiro atoms. The monoisotopic (exact) mass is 273 g/mol. The molecule has 0 bridgehead atoms. The average Bonchev–Trinajstić information content (AvgIpc) is 2.37. The van der Waals surface area contributed by atoms with Crippen LogP contribution in [0.4, 0.5) is 8.78 Å². The van der Waals surface area contributed by atoms with Crippen molar-refractivity contribution in [2.24, 2.45) is 0 Å². The van der Waals surface area contributed by atoms with Crippen molar-refractivity contribution in [1.29, 1.82) is 5.26 Å². The topological polar surface area (TPSA) is 50.1 Å². The standard InChI is InChI=1S/C12H10ClF2NO2/c1-2-18-12(17)7-3-8(5-13)10(6-16)9(4-7)11(14)15/h3-4,11H,2,5H2,1H3. The van der Waals surface area contributed by atoms with Crippen LogP contribution in [-0.2, 0) is 10.6 Å². The van der Waals surface area contributed by atoms with Gasteiger partial charge in [-0.2, -0.15) is 5.26 Å². The highest BCUT2D eigenvalue weighted by molar-refractivity contribution is 6.17. The summed E-state index contributed by atoms with van der Waals surface area (Å²) in [6, 6.07) is 3.95. The molecule has 0 unspecified atom stereocenters. The molecule has 0 radical (unpaired) electrons. The highest BCUT2D eigenvalue weighted by atomic mass is 35.5. The molecule has 0 aliphatic heterocycles. The zero-order valence-corrected chi connectivity index (χ0v) is 10.3. The summed E-state index contributed by atoms with van der Waals surface area (Å²) in [5.74, 6) is -0.842. The van der Waals surface area contributed by atoms with Gasteiger partial charge in [0.15, 0.2) is 0 Å². The van der Waals surface area contributed by atoms with E-state index in [2.05, 4.69) is 0 Å². The van der Waals surface area contributed by atoms with Crippen LogP contribution in [0.2, 0.25) is 0 Å². The van der Waals surface area contributed by atoms with Crippen LogP contribution in [0.15, 0.2) is 12.1 Å². The van der Waals surface area contributed by atoms with Gasteiger partial charge in [-0.15, -0.1) is 11.6 Å². The smallest absolute Gasteiger partial charge is 0.338 e. The number of ether oxygens (including phenoxy) is 1. The number of hydrogen-bond donors (Lipinski definition) is 0. The van der Waals surface area contributed by atoms with Crippen LogP contribution in [0.1, 0.15) is 40.4 Å². The minimum atomic E-state index is -2.85. The summed E-state index contributed by atoms with van der Waals surface area (Å²) in [4.78, 5) is 11.5. The van der Waals surface area contributed by atoms with Gasteiger partial charge >= 0.3 is 5.97 Å². The van der Waals surface area contributed by atoms with Gasteiger partial charge in [0.05, 0.1) is 23.8 Å². The van der Waals surface area contributed by atoms with E-state index in [0.717, 1.165) is 6.07 Å². The summed E-state index contributed by atoms with van der Waals surface area (Å²) in [7, 11) is 0. The molecule has 0 aromatic heterocycles. The second kappa shape index (κ2) is 6.31. The zero-order chi connectivity index (χ0) is 13.7. The minimum Gasteiger partial charge on any atom is -0.462 e. The van der Waals surface area contributed by atoms with Gasteiger partial charge < -0.3 is 4.74 Å². The quantitative estimate of drug-likeness (QED) is 0.624. The molecule has 0 heterocycles. The van der Waals surface area contributed by atoms with Crippen LogP contribution in [-0.4, -0.2) is 12.6 Å². The maximum absolute atomic E-state index is 12.8. The summed E-state index contributed by atoms with van der Waals surface area (Å²) in [5, 5.41) is 8.85. The van der Waals surface area contributed by atoms with E-state index in [9.17, 15) is 13.6 Å². The Morgan fingerprint density at radius 2 is 2.22 bits per heavy atom. The Morgan fingerprint density at radius 1 is 1.56 bits per heavy atom. The summed E-state index contributed by atoms with van der Waals surface area (Å²) in [5.41, 5.74) is -0.520. The van der Waals surface area contributed by atoms with Gasteiger partial charge in [-0.3, -0.25) is 0 Å². The number of alkyl halides is 3. The Morgan fingerprint density at radius 3 is 2.67 bits per heavy atom. The van der Waals surface area contributed by atoms with E-state index in [1.807, 2.05) is 0 Å². The summed E-state index contributed by atoms with van der Waals surface area (Å²) < 4.78 is 30.4. The molecule has 0 atom stereocenters. The van der Waals surface area contributed by atoms with Crippen molar-refractivity contribution in [3.8, 4) is 6.07 Å². The molecule has 1 aromatic carbocycles. The van der Waals surface area contributed by atoms with Crippen molar-refractivity contribution in [2.75, 3.05) is 6.61 Å². The number of nitriles is 1. The maximum atomic E-state index is 12.8. The van der Waals surface area contributed by atoms with Gasteiger partial charge in [0.1, 0.15) is 0 Å². The highest BCUT2D eigenvalue weighted by Gasteiger charge is 2.20. The molecule has 0 fully saturated rings. The average molecular weight is 274 g/mol. The second-order valence-corrected chi connectivity index (χ2v) is 3.63. The Balaban J connectivity index is 3.37. The SMILES string of the molecule is CCOC(=O)c1cc(CCl)c(C#N)c(C(F)F)c1. The van der Waals surface area contributed by atoms with Crippen LogP contribution in [0.25, 0.3) is 0 Å². The molecule has 96 valence electrons. The molecule has 1 rings (SSSR count). The normalized spacial score (nSPS) is 10.2. The lowest BCUT2D eigenvalue weighted by Crippen LogP contribution is -2.08. The molecule has 3 nitrogen and oxygen atoms in total. The Bertz CT molecular complexity index is 498. The molecule has 0 amide bonds. The molecule has 0 saturated heterocycles. The van der Waals surface area contributed by atoms with Gasteiger partial charge in [0.25, 0.3) is 6.43 Å². The Labute approximate surface area is 108 Å². The van der Waals surface area contributed by atoms with Gasteiger partial charge in [-0.25, -0.2) is 13.6 Å². The van der Waals surface area contributed by atoms with Crippen LogP contribution >= 0.6 is 11.6 Å². The van der Waals surface area contributed by atoms with E-state index in [0.29, 0.717) is 0 Å². The first-order chi connectivity index (χ1) is 8.54. The van der Waals surface area contributed by atoms with Crippen LogP contribution in [0.3, 0.4) is 0 Å². The highest BCUT2D eigenvalue weighted by Crippen LogP contribution is 2.28. The summed E-state index contributed by atoms with van der Waals surface area (Å²) in [6.45, 7) is 1.75. The van der Waals surface area contributed by atoms with Crippen LogP contribution < -0.4 is 0 Å². The molecule has 0 aliphatic rings. The first kappa shape index (κ1) is 14.4. The van der Waals surface area contributed by atoms with Gasteiger partial charge in [-0.1, -0.05) is 0 Å². The lowest BCUT2D eigenvalue weighted by atomic mass is 9.99. The number of esters is 1. The molecular weight excluding hydrogens is 264 g/mol. The lowest BCUT2D eigenvalue weighted by Gasteiger charge is -2.10. The van der Waals surface area contributed by atoms with Gasteiger partial charge in [-0.05, 0) is 24.6 Å². The van der Waals surface area contributed by atoms with E-state index in [1.54, 1.807) is 13.0 Å². The van der Waals surface area contributed by atoms with E-state index in [-0.39, 0.29) is 29.2 Å². The molecule has 1 aromatic rings. The van der Waals surface area contributed by atoms with E-state index in [1.165, 1.54) is 6.07 Å². The zero-order valence-electron chi connectivity index (χ0n) is 9.54. The largest absolute Gasteiger partial charge is 0.462 e. The van der Waals surface area contributed by atoms with Crippen molar-refractivity contribution in [2.45, 2.75) is 19.2 Å². The lowest BCUT2D eigenvalue weighted by molar-refractivity contribution is 0.0526. The molecular formula is C12H10ClF2NO2. The van der Waals surface area contributed by atoms with Gasteiger partial charge in [0.2, 0.25) is 0 Å². The fourth-order valence-electron chi connectivity index (χ4n) is 1.47. The van der Waals surface area contributed by atoms with Gasteiger partial charge in [0, 0.05) is 11.4 Å². The third-order valence-electron chi connectivity index (χ3n) is 2.25. The van der Waals surface area contributed by atoms with E-state index < -0.39 is 18.0 Å². The first-order valence-electron chi connectivity index (χ1n) is 5.13. The van der Waals surface area contributed by atoms with Crippen LogP contribution in [0, 0.1) is 11.3 Å². The van der Waals surface area contributed by atoms with E-state index >= 15 is 0 Å². The number of carbonyl (C=O) groups is 1. The second-order valence-electron chi connectivity index (χ2n) is 3.37. The fraction of sp³-hybridized carbons (Fsp3) is 0.333. The predicted octanol–water partition coefficient (Wildman–Crippen LogP) is 3.41. The summed E-state index contributed by atoms with van der Waals surface area (Å²) >= 11 is 5.59. The third kappa shape index (κ3) is 2.96. The first-order valence-corrected chi connectivity index (χ1v) is 5.66. The minimum absolute atomic E-state index is 0.0261. The molecule has 18 heavy (non-hydrogen) atoms. The predicted molar refractivity (Wildman–Crippen MR) is 61.6 cm³/mol. The molecule has 0 saturated carbocycles. The number of carbonyl (C=O) groups excluding carboxylic acids is 1. The Hall–Kier alpha value is -1.67. The van der Waals surface area contributed by atoms with Crippen molar-refractivity contribution < 1.29 is 18.3 Å². The van der Waals surface area contributed by atoms with Crippen molar-refractivity contribution in [3.63, 3.8) is 0 Å². The fourth-order valence-corrected chi connectivity index (χ4v) is 1.68. The molecule has 6 heteroatoms. The van der Waals surface area contributed by atoms with Crippen molar-refractivity contribution >= 4 is 17.6 Å². The molecule has 0 N–H and O–H groups in total. The number of rotatable bonds is 4. The number of hydrogen-bond acceptors (Lipinski definition) is 3. The number of benzene rings is 1. The summed E-state index contributed by atoms with van der Waals surface area (Å²) in [6.07, 6.45) is -2.85. The number of nitrogens with zero attached hydrogens (tertiary/aromatic N) is 1. The number of halogens is 3. The van der Waals surface area contributed by atoms with E-state index in [4.69, 9.17) is 21.6 Å². The Kier molecular flexibility index (Phi) is 5.05.